The van der Waals surface area contributed by atoms with Gasteiger partial charge in [-0.15, -0.1) is 0 Å². The van der Waals surface area contributed by atoms with Crippen LogP contribution >= 0.6 is 23.2 Å². The molecule has 1 N–H and O–H groups in total. The smallest absolute Gasteiger partial charge is 0.244 e. The molecule has 3 rings (SSSR count). The van der Waals surface area contributed by atoms with E-state index in [-0.39, 0.29) is 12.5 Å². The maximum atomic E-state index is 12.2. The summed E-state index contributed by atoms with van der Waals surface area (Å²) < 4.78 is 1.67. The van der Waals surface area contributed by atoms with Crippen LogP contribution in [0.1, 0.15) is 5.56 Å². The monoisotopic (exact) mass is 344 g/mol. The number of carbonyl (C=O) groups is 1. The van der Waals surface area contributed by atoms with Gasteiger partial charge in [-0.05, 0) is 24.3 Å². The van der Waals surface area contributed by atoms with Crippen LogP contribution in [0.5, 0.6) is 0 Å². The van der Waals surface area contributed by atoms with Gasteiger partial charge in [-0.1, -0.05) is 35.3 Å². The first-order valence-electron chi connectivity index (χ1n) is 6.67. The second-order valence-electron chi connectivity index (χ2n) is 4.83. The molecule has 3 aromatic rings. The lowest BCUT2D eigenvalue weighted by Crippen LogP contribution is -2.18. The Labute approximate surface area is 142 Å². The van der Waals surface area contributed by atoms with Crippen LogP contribution in [0.2, 0.25) is 10.0 Å². The van der Waals surface area contributed by atoms with E-state index < -0.39 is 0 Å². The number of amides is 1. The fourth-order valence-electron chi connectivity index (χ4n) is 2.21. The Balaban J connectivity index is 1.84. The molecule has 5 nitrogen and oxygen atoms in total. The van der Waals surface area contributed by atoms with Gasteiger partial charge in [-0.2, -0.15) is 5.26 Å². The van der Waals surface area contributed by atoms with Crippen LogP contribution in [-0.4, -0.2) is 15.5 Å². The number of nitriles is 1. The number of anilines is 1. The van der Waals surface area contributed by atoms with E-state index in [0.717, 1.165) is 0 Å². The minimum Gasteiger partial charge on any atom is -0.323 e. The van der Waals surface area contributed by atoms with E-state index in [1.165, 1.54) is 0 Å². The van der Waals surface area contributed by atoms with Crippen molar-refractivity contribution in [3.63, 3.8) is 0 Å². The molecule has 0 bridgehead atoms. The highest BCUT2D eigenvalue weighted by Crippen LogP contribution is 2.27. The quantitative estimate of drug-likeness (QED) is 0.784. The van der Waals surface area contributed by atoms with Gasteiger partial charge in [0, 0.05) is 0 Å². The van der Waals surface area contributed by atoms with E-state index in [1.54, 1.807) is 47.3 Å². The van der Waals surface area contributed by atoms with Crippen molar-refractivity contribution in [2.75, 3.05) is 5.32 Å². The van der Waals surface area contributed by atoms with Gasteiger partial charge in [0.1, 0.15) is 12.6 Å². The Morgan fingerprint density at radius 3 is 2.78 bits per heavy atom. The summed E-state index contributed by atoms with van der Waals surface area (Å²) in [5, 5.41) is 12.6. The molecule has 7 heteroatoms. The number of carbonyl (C=O) groups excluding carboxylic acids is 1. The average molecular weight is 345 g/mol. The van der Waals surface area contributed by atoms with Crippen LogP contribution < -0.4 is 5.32 Å². The molecule has 1 heterocycles. The van der Waals surface area contributed by atoms with Gasteiger partial charge in [0.2, 0.25) is 5.91 Å². The van der Waals surface area contributed by atoms with Gasteiger partial charge in [-0.25, -0.2) is 4.98 Å². The van der Waals surface area contributed by atoms with Crippen molar-refractivity contribution < 1.29 is 4.79 Å². The molecule has 2 aromatic carbocycles. The van der Waals surface area contributed by atoms with E-state index in [4.69, 9.17) is 28.5 Å². The van der Waals surface area contributed by atoms with Crippen molar-refractivity contribution >= 4 is 45.8 Å². The summed E-state index contributed by atoms with van der Waals surface area (Å²) >= 11 is 12.0. The molecule has 0 aliphatic heterocycles. The maximum absolute atomic E-state index is 12.2. The summed E-state index contributed by atoms with van der Waals surface area (Å²) in [7, 11) is 0. The molecule has 1 aromatic heterocycles. The molecule has 0 aliphatic carbocycles. The van der Waals surface area contributed by atoms with Crippen LogP contribution in [0.15, 0.2) is 42.7 Å². The van der Waals surface area contributed by atoms with E-state index >= 15 is 0 Å². The average Bonchev–Trinajstić information content (AvgIpc) is 2.90. The van der Waals surface area contributed by atoms with Crippen molar-refractivity contribution in [3.8, 4) is 6.07 Å². The predicted octanol–water partition coefficient (Wildman–Crippen LogP) is 3.85. The number of fused-ring (bicyclic) bond motifs is 1. The summed E-state index contributed by atoms with van der Waals surface area (Å²) in [6, 6.07) is 12.2. The fraction of sp³-hybridized carbons (Fsp3) is 0.0625. The van der Waals surface area contributed by atoms with Crippen molar-refractivity contribution in [1.82, 2.24) is 9.55 Å². The number of halogens is 2. The second-order valence-corrected chi connectivity index (χ2v) is 5.65. The molecule has 0 fully saturated rings. The minimum atomic E-state index is -0.266. The normalized spacial score (nSPS) is 10.5. The molecular formula is C16H10Cl2N4O. The minimum absolute atomic E-state index is 0.0498. The number of aromatic nitrogens is 2. The number of hydrogen-bond donors (Lipinski definition) is 1. The van der Waals surface area contributed by atoms with E-state index in [1.807, 2.05) is 6.07 Å². The van der Waals surface area contributed by atoms with Gasteiger partial charge in [-0.3, -0.25) is 4.79 Å². The number of imidazole rings is 1. The highest BCUT2D eigenvalue weighted by molar-refractivity contribution is 6.42. The van der Waals surface area contributed by atoms with Crippen molar-refractivity contribution in [2.45, 2.75) is 6.54 Å². The largest absolute Gasteiger partial charge is 0.323 e. The van der Waals surface area contributed by atoms with Gasteiger partial charge in [0.15, 0.2) is 0 Å². The first-order valence-corrected chi connectivity index (χ1v) is 7.43. The topological polar surface area (TPSA) is 70.7 Å². The Bertz CT molecular complexity index is 943. The molecule has 1 amide bonds. The predicted molar refractivity (Wildman–Crippen MR) is 89.5 cm³/mol. The lowest BCUT2D eigenvalue weighted by atomic mass is 10.2. The molecule has 0 saturated heterocycles. The number of rotatable bonds is 3. The molecule has 0 atom stereocenters. The number of nitrogens with one attached hydrogen (secondary N) is 1. The fourth-order valence-corrected chi connectivity index (χ4v) is 2.53. The second kappa shape index (κ2) is 6.29. The highest BCUT2D eigenvalue weighted by Gasteiger charge is 2.11. The molecule has 0 aliphatic rings. The first-order chi connectivity index (χ1) is 11.1. The van der Waals surface area contributed by atoms with Crippen LogP contribution in [0.25, 0.3) is 11.0 Å². The molecular weight excluding hydrogens is 335 g/mol. The van der Waals surface area contributed by atoms with Crippen LogP contribution in [0, 0.1) is 11.3 Å². The zero-order chi connectivity index (χ0) is 16.4. The van der Waals surface area contributed by atoms with Crippen LogP contribution in [-0.2, 0) is 11.3 Å². The molecule has 0 saturated carbocycles. The van der Waals surface area contributed by atoms with Crippen molar-refractivity contribution in [1.29, 1.82) is 5.26 Å². The molecule has 23 heavy (non-hydrogen) atoms. The van der Waals surface area contributed by atoms with Crippen molar-refractivity contribution in [3.05, 3.63) is 58.3 Å². The summed E-state index contributed by atoms with van der Waals surface area (Å²) in [4.78, 5) is 16.4. The van der Waals surface area contributed by atoms with Crippen LogP contribution in [0.4, 0.5) is 5.69 Å². The number of nitrogens with zero attached hydrogens (tertiary/aromatic N) is 3. The molecule has 0 unspecified atom stereocenters. The SMILES string of the molecule is N#Cc1ccccc1NC(=O)Cn1cnc2cc(Cl)c(Cl)cc21. The van der Waals surface area contributed by atoms with E-state index in [0.29, 0.717) is 32.3 Å². The Kier molecular flexibility index (Phi) is 4.20. The maximum Gasteiger partial charge on any atom is 0.244 e. The Morgan fingerprint density at radius 1 is 1.26 bits per heavy atom. The lowest BCUT2D eigenvalue weighted by molar-refractivity contribution is -0.116. The van der Waals surface area contributed by atoms with Crippen molar-refractivity contribution in [2.24, 2.45) is 0 Å². The Morgan fingerprint density at radius 2 is 2.00 bits per heavy atom. The standard InChI is InChI=1S/C16H10Cl2N4O/c17-11-5-14-15(6-12(11)18)22(9-20-14)8-16(23)21-13-4-2-1-3-10(13)7-19/h1-6,9H,8H2,(H,21,23). The molecule has 0 radical (unpaired) electrons. The molecule has 114 valence electrons. The zero-order valence-electron chi connectivity index (χ0n) is 11.8. The molecule has 0 spiro atoms. The number of hydrogen-bond acceptors (Lipinski definition) is 3. The third-order valence-corrected chi connectivity index (χ3v) is 4.02. The van der Waals surface area contributed by atoms with Gasteiger partial charge in [0.05, 0.1) is 38.7 Å². The summed E-state index contributed by atoms with van der Waals surface area (Å²) in [6.07, 6.45) is 1.55. The zero-order valence-corrected chi connectivity index (χ0v) is 13.3. The van der Waals surface area contributed by atoms with E-state index in [9.17, 15) is 4.79 Å². The third kappa shape index (κ3) is 3.14. The Hall–Kier alpha value is -2.55. The number of para-hydroxylation sites is 1. The summed E-state index contributed by atoms with van der Waals surface area (Å²) in [6.45, 7) is 0.0498. The van der Waals surface area contributed by atoms with Crippen LogP contribution in [0.3, 0.4) is 0 Å². The summed E-state index contributed by atoms with van der Waals surface area (Å²) in [5.74, 6) is -0.266. The first kappa shape index (κ1) is 15.3. The van der Waals surface area contributed by atoms with Gasteiger partial charge >= 0.3 is 0 Å². The third-order valence-electron chi connectivity index (χ3n) is 3.30. The lowest BCUT2D eigenvalue weighted by Gasteiger charge is -2.08. The summed E-state index contributed by atoms with van der Waals surface area (Å²) in [5.41, 5.74) is 2.25. The highest BCUT2D eigenvalue weighted by atomic mass is 35.5. The van der Waals surface area contributed by atoms with Gasteiger partial charge in [0.25, 0.3) is 0 Å². The van der Waals surface area contributed by atoms with E-state index in [2.05, 4.69) is 10.3 Å². The van der Waals surface area contributed by atoms with Gasteiger partial charge < -0.3 is 9.88 Å². The number of benzene rings is 2.